The molecule has 1 heterocycles. The largest absolute Gasteiger partial charge is 0.411 e. The number of hydrogen-bond donors (Lipinski definition) is 1. The lowest BCUT2D eigenvalue weighted by Gasteiger charge is -2.36. The van der Waals surface area contributed by atoms with Gasteiger partial charge in [-0.1, -0.05) is 41.9 Å². The third-order valence-electron chi connectivity index (χ3n) is 4.62. The Morgan fingerprint density at radius 2 is 2.00 bits per heavy atom. The Balaban J connectivity index is 1.89. The molecule has 4 nitrogen and oxygen atoms in total. The summed E-state index contributed by atoms with van der Waals surface area (Å²) in [5.74, 6) is 0.128. The third kappa shape index (κ3) is 1.66. The molecule has 1 aliphatic heterocycles. The highest BCUT2D eigenvalue weighted by molar-refractivity contribution is 6.15. The molecule has 1 N–H and O–H groups in total. The van der Waals surface area contributed by atoms with Crippen LogP contribution in [0.3, 0.4) is 0 Å². The van der Waals surface area contributed by atoms with Crippen molar-refractivity contribution in [2.45, 2.75) is 32.2 Å². The summed E-state index contributed by atoms with van der Waals surface area (Å²) in [6.07, 6.45) is 2.69. The van der Waals surface area contributed by atoms with Crippen LogP contribution in [0.15, 0.2) is 35.5 Å². The fraction of sp³-hybridized carbons (Fsp3) is 0.467. The maximum atomic E-state index is 12.6. The van der Waals surface area contributed by atoms with E-state index in [-0.39, 0.29) is 11.9 Å². The molecular weight excluding hydrogens is 240 g/mol. The molecule has 4 heteroatoms. The minimum Gasteiger partial charge on any atom is -0.411 e. The average molecular weight is 258 g/mol. The number of rotatable bonds is 2. The van der Waals surface area contributed by atoms with Gasteiger partial charge in [0.05, 0.1) is 23.7 Å². The van der Waals surface area contributed by atoms with E-state index in [2.05, 4.69) is 5.16 Å². The lowest BCUT2D eigenvalue weighted by Crippen LogP contribution is -2.43. The van der Waals surface area contributed by atoms with Crippen LogP contribution < -0.4 is 0 Å². The van der Waals surface area contributed by atoms with E-state index in [0.717, 1.165) is 24.8 Å². The lowest BCUT2D eigenvalue weighted by molar-refractivity contribution is -0.140. The molecule has 1 aromatic rings. The summed E-state index contributed by atoms with van der Waals surface area (Å²) >= 11 is 0. The molecule has 100 valence electrons. The first-order chi connectivity index (χ1) is 9.19. The molecule has 1 aliphatic carbocycles. The summed E-state index contributed by atoms with van der Waals surface area (Å²) in [5.41, 5.74) is 1.27. The highest BCUT2D eigenvalue weighted by Crippen LogP contribution is 2.49. The van der Waals surface area contributed by atoms with Crippen LogP contribution in [-0.2, 0) is 4.79 Å². The van der Waals surface area contributed by atoms with E-state index in [9.17, 15) is 4.79 Å². The number of nitrogens with zero attached hydrogens (tertiary/aromatic N) is 2. The zero-order valence-electron chi connectivity index (χ0n) is 11.0. The molecule has 0 radical (unpaired) electrons. The van der Waals surface area contributed by atoms with Gasteiger partial charge in [0.25, 0.3) is 0 Å². The van der Waals surface area contributed by atoms with Gasteiger partial charge in [0.1, 0.15) is 0 Å². The van der Waals surface area contributed by atoms with Gasteiger partial charge < -0.3 is 10.1 Å². The Labute approximate surface area is 112 Å². The minimum atomic E-state index is -0.488. The van der Waals surface area contributed by atoms with E-state index in [1.54, 1.807) is 0 Å². The Bertz CT molecular complexity index is 520. The van der Waals surface area contributed by atoms with Crippen molar-refractivity contribution in [2.24, 2.45) is 10.6 Å². The van der Waals surface area contributed by atoms with E-state index < -0.39 is 5.41 Å². The first-order valence-corrected chi connectivity index (χ1v) is 6.76. The summed E-state index contributed by atoms with van der Waals surface area (Å²) in [7, 11) is 0. The van der Waals surface area contributed by atoms with Crippen LogP contribution in [0.1, 0.15) is 37.8 Å². The topological polar surface area (TPSA) is 52.9 Å². The SMILES string of the molecule is C[C@@H](c1ccccc1)N1C/C(=N\O)C2(CCC2)C1=O. The van der Waals surface area contributed by atoms with Gasteiger partial charge in [-0.2, -0.15) is 0 Å². The normalized spacial score (nSPS) is 24.8. The van der Waals surface area contributed by atoms with Gasteiger partial charge in [-0.25, -0.2) is 0 Å². The van der Waals surface area contributed by atoms with Crippen molar-refractivity contribution in [1.29, 1.82) is 0 Å². The van der Waals surface area contributed by atoms with Crippen LogP contribution >= 0.6 is 0 Å². The molecule has 0 unspecified atom stereocenters. The smallest absolute Gasteiger partial charge is 0.235 e. The molecule has 1 amide bonds. The predicted octanol–water partition coefficient (Wildman–Crippen LogP) is 2.59. The fourth-order valence-electron chi connectivity index (χ4n) is 3.17. The molecule has 1 saturated heterocycles. The third-order valence-corrected chi connectivity index (χ3v) is 4.62. The number of benzene rings is 1. The van der Waals surface area contributed by atoms with Gasteiger partial charge in [-0.3, -0.25) is 4.79 Å². The van der Waals surface area contributed by atoms with Crippen molar-refractivity contribution in [3.05, 3.63) is 35.9 Å². The Hall–Kier alpha value is -1.84. The molecule has 19 heavy (non-hydrogen) atoms. The van der Waals surface area contributed by atoms with Crippen LogP contribution in [0.4, 0.5) is 0 Å². The highest BCUT2D eigenvalue weighted by Gasteiger charge is 2.56. The standard InChI is InChI=1S/C15H18N2O2/c1-11(12-6-3-2-4-7-12)17-10-13(16-19)15(14(17)18)8-5-9-15/h2-4,6-7,11,19H,5,8-10H2,1H3/b16-13+/t11-/m0/s1. The molecule has 1 atom stereocenters. The zero-order chi connectivity index (χ0) is 13.5. The van der Waals surface area contributed by atoms with Crippen LogP contribution in [-0.4, -0.2) is 28.3 Å². The van der Waals surface area contributed by atoms with Crippen LogP contribution in [0, 0.1) is 5.41 Å². The predicted molar refractivity (Wildman–Crippen MR) is 72.1 cm³/mol. The van der Waals surface area contributed by atoms with Crippen LogP contribution in [0.5, 0.6) is 0 Å². The minimum absolute atomic E-state index is 0.0189. The van der Waals surface area contributed by atoms with Gasteiger partial charge in [0.2, 0.25) is 5.91 Å². The number of carbonyl (C=O) groups excluding carboxylic acids is 1. The number of carbonyl (C=O) groups is 1. The van der Waals surface area contributed by atoms with Crippen molar-refractivity contribution in [2.75, 3.05) is 6.54 Å². The van der Waals surface area contributed by atoms with Gasteiger partial charge >= 0.3 is 0 Å². The van der Waals surface area contributed by atoms with Crippen molar-refractivity contribution in [3.8, 4) is 0 Å². The maximum absolute atomic E-state index is 12.6. The van der Waals surface area contributed by atoms with Crippen LogP contribution in [0.25, 0.3) is 0 Å². The quantitative estimate of drug-likeness (QED) is 0.655. The lowest BCUT2D eigenvalue weighted by atomic mass is 9.66. The maximum Gasteiger partial charge on any atom is 0.235 e. The Morgan fingerprint density at radius 3 is 2.47 bits per heavy atom. The first kappa shape index (κ1) is 12.2. The summed E-state index contributed by atoms with van der Waals surface area (Å²) < 4.78 is 0. The van der Waals surface area contributed by atoms with E-state index in [1.165, 1.54) is 0 Å². The zero-order valence-corrected chi connectivity index (χ0v) is 11.0. The van der Waals surface area contributed by atoms with Crippen molar-refractivity contribution in [3.63, 3.8) is 0 Å². The molecule has 0 aromatic heterocycles. The summed E-state index contributed by atoms with van der Waals surface area (Å²) in [6, 6.07) is 10.00. The van der Waals surface area contributed by atoms with E-state index in [4.69, 9.17) is 5.21 Å². The van der Waals surface area contributed by atoms with E-state index in [1.807, 2.05) is 42.2 Å². The number of oxime groups is 1. The number of likely N-dealkylation sites (tertiary alicyclic amines) is 1. The molecule has 1 saturated carbocycles. The number of amides is 1. The van der Waals surface area contributed by atoms with Gasteiger partial charge in [-0.15, -0.1) is 0 Å². The van der Waals surface area contributed by atoms with Crippen molar-refractivity contribution in [1.82, 2.24) is 4.90 Å². The second kappa shape index (κ2) is 4.37. The van der Waals surface area contributed by atoms with E-state index >= 15 is 0 Å². The van der Waals surface area contributed by atoms with Crippen LogP contribution in [0.2, 0.25) is 0 Å². The molecule has 1 spiro atoms. The number of hydrogen-bond acceptors (Lipinski definition) is 3. The molecular formula is C15H18N2O2. The second-order valence-corrected chi connectivity index (χ2v) is 5.50. The molecule has 2 aliphatic rings. The average Bonchev–Trinajstić information content (AvgIpc) is 2.71. The molecule has 2 fully saturated rings. The summed E-state index contributed by atoms with van der Waals surface area (Å²) in [5, 5.41) is 12.6. The molecule has 0 bridgehead atoms. The molecule has 3 rings (SSSR count). The van der Waals surface area contributed by atoms with E-state index in [0.29, 0.717) is 12.3 Å². The Morgan fingerprint density at radius 1 is 1.32 bits per heavy atom. The van der Waals surface area contributed by atoms with Crippen molar-refractivity contribution >= 4 is 11.6 Å². The Kier molecular flexibility index (Phi) is 2.81. The monoisotopic (exact) mass is 258 g/mol. The fourth-order valence-corrected chi connectivity index (χ4v) is 3.17. The summed E-state index contributed by atoms with van der Waals surface area (Å²) in [6.45, 7) is 2.48. The molecule has 1 aromatic carbocycles. The van der Waals surface area contributed by atoms with Gasteiger partial charge in [-0.05, 0) is 25.3 Å². The van der Waals surface area contributed by atoms with Gasteiger partial charge in [0, 0.05) is 0 Å². The summed E-state index contributed by atoms with van der Waals surface area (Å²) in [4.78, 5) is 14.5. The first-order valence-electron chi connectivity index (χ1n) is 6.76. The highest BCUT2D eigenvalue weighted by atomic mass is 16.4. The van der Waals surface area contributed by atoms with Crippen molar-refractivity contribution < 1.29 is 10.0 Å². The second-order valence-electron chi connectivity index (χ2n) is 5.50. The van der Waals surface area contributed by atoms with Gasteiger partial charge in [0.15, 0.2) is 0 Å².